The highest BCUT2D eigenvalue weighted by molar-refractivity contribution is 8.76. The molecule has 26 heavy (non-hydrogen) atoms. The van der Waals surface area contributed by atoms with Crippen molar-refractivity contribution < 1.29 is 9.59 Å². The molecule has 2 amide bonds. The first-order valence-electron chi connectivity index (χ1n) is 9.76. The van der Waals surface area contributed by atoms with Gasteiger partial charge in [0.2, 0.25) is 11.8 Å². The Morgan fingerprint density at radius 3 is 1.96 bits per heavy atom. The molecule has 0 aliphatic carbocycles. The van der Waals surface area contributed by atoms with Crippen LogP contribution >= 0.6 is 21.6 Å². The molecule has 0 aromatic rings. The van der Waals surface area contributed by atoms with E-state index in [1.165, 1.54) is 0 Å². The molecule has 0 aromatic carbocycles. The van der Waals surface area contributed by atoms with Crippen molar-refractivity contribution in [3.05, 3.63) is 0 Å². The molecule has 0 saturated carbocycles. The summed E-state index contributed by atoms with van der Waals surface area (Å²) in [6.07, 6.45) is 4.12. The number of nitrogens with two attached hydrogens (primary N) is 1. The predicted molar refractivity (Wildman–Crippen MR) is 118 cm³/mol. The molecule has 0 heterocycles. The Balaban J connectivity index is 0. The Labute approximate surface area is 168 Å². The van der Waals surface area contributed by atoms with E-state index in [0.717, 1.165) is 43.9 Å². The van der Waals surface area contributed by atoms with Crippen molar-refractivity contribution in [1.29, 1.82) is 0 Å². The summed E-state index contributed by atoms with van der Waals surface area (Å²) >= 11 is 0. The smallest absolute Gasteiger partial charge is 0.221 e. The van der Waals surface area contributed by atoms with Crippen LogP contribution in [-0.2, 0) is 9.59 Å². The molecule has 0 rings (SSSR count). The third-order valence-corrected chi connectivity index (χ3v) is 5.73. The maximum atomic E-state index is 11.7. The number of nitrogens with zero attached hydrogens (tertiary/aromatic N) is 1. The number of hydrogen-bond acceptors (Lipinski definition) is 6. The summed E-state index contributed by atoms with van der Waals surface area (Å²) in [6, 6.07) is 0. The first kappa shape index (κ1) is 27.8. The molecule has 0 aliphatic rings. The van der Waals surface area contributed by atoms with Crippen LogP contribution in [0.4, 0.5) is 0 Å². The minimum absolute atomic E-state index is 0.100. The number of hydrogen-bond donors (Lipinski definition) is 3. The quantitative estimate of drug-likeness (QED) is 0.269. The molecule has 0 aromatic heterocycles. The third-order valence-electron chi connectivity index (χ3n) is 3.32. The van der Waals surface area contributed by atoms with Crippen molar-refractivity contribution in [2.45, 2.75) is 52.9 Å². The summed E-state index contributed by atoms with van der Waals surface area (Å²) in [6.45, 7) is 9.87. The van der Waals surface area contributed by atoms with E-state index in [2.05, 4.69) is 22.5 Å². The van der Waals surface area contributed by atoms with Crippen molar-refractivity contribution >= 4 is 33.4 Å². The van der Waals surface area contributed by atoms with Crippen LogP contribution in [0, 0.1) is 0 Å². The van der Waals surface area contributed by atoms with E-state index in [1.807, 2.05) is 20.9 Å². The number of rotatable bonds is 16. The molecule has 0 fully saturated rings. The van der Waals surface area contributed by atoms with Crippen LogP contribution in [0.2, 0.25) is 0 Å². The third kappa shape index (κ3) is 21.6. The normalized spacial score (nSPS) is 10.2. The van der Waals surface area contributed by atoms with Crippen molar-refractivity contribution in [2.75, 3.05) is 51.3 Å². The van der Waals surface area contributed by atoms with Crippen LogP contribution in [0.3, 0.4) is 0 Å². The second-order valence-corrected chi connectivity index (χ2v) is 8.35. The fraction of sp³-hybridized carbons (Fsp3) is 0.889. The van der Waals surface area contributed by atoms with E-state index in [0.29, 0.717) is 32.5 Å². The Morgan fingerprint density at radius 2 is 1.46 bits per heavy atom. The maximum absolute atomic E-state index is 11.7. The molecule has 0 bridgehead atoms. The average Bonchev–Trinajstić information content (AvgIpc) is 2.66. The molecule has 8 heteroatoms. The lowest BCUT2D eigenvalue weighted by atomic mass is 10.2. The minimum Gasteiger partial charge on any atom is -0.355 e. The van der Waals surface area contributed by atoms with E-state index in [-0.39, 0.29) is 11.8 Å². The molecule has 0 atom stereocenters. The summed E-state index contributed by atoms with van der Waals surface area (Å²) in [4.78, 5) is 25.2. The van der Waals surface area contributed by atoms with Gasteiger partial charge in [-0.25, -0.2) is 0 Å². The number of carbonyl (C=O) groups is 2. The first-order chi connectivity index (χ1) is 12.6. The SMILES string of the molecule is CC.CCCCC(=O)NCCSSCCNC(=O)CCN(C)CCCN. The highest BCUT2D eigenvalue weighted by atomic mass is 33.1. The van der Waals surface area contributed by atoms with Crippen LogP contribution in [-0.4, -0.2) is 68.0 Å². The zero-order chi connectivity index (χ0) is 20.0. The molecule has 4 N–H and O–H groups in total. The first-order valence-corrected chi connectivity index (χ1v) is 12.2. The van der Waals surface area contributed by atoms with Gasteiger partial charge in [0.05, 0.1) is 0 Å². The van der Waals surface area contributed by atoms with Crippen molar-refractivity contribution in [2.24, 2.45) is 5.73 Å². The molecular weight excluding hydrogens is 368 g/mol. The zero-order valence-electron chi connectivity index (χ0n) is 17.1. The minimum atomic E-state index is 0.100. The Kier molecular flexibility index (Phi) is 24.1. The van der Waals surface area contributed by atoms with Gasteiger partial charge in [-0.1, -0.05) is 48.8 Å². The topological polar surface area (TPSA) is 87.5 Å². The summed E-state index contributed by atoms with van der Waals surface area (Å²) in [5.74, 6) is 2.01. The van der Waals surface area contributed by atoms with Gasteiger partial charge in [-0.2, -0.15) is 0 Å². The number of unbranched alkanes of at least 4 members (excludes halogenated alkanes) is 1. The summed E-state index contributed by atoms with van der Waals surface area (Å²) in [5, 5.41) is 5.85. The lowest BCUT2D eigenvalue weighted by Gasteiger charge is -2.15. The molecule has 0 unspecified atom stereocenters. The molecule has 0 spiro atoms. The van der Waals surface area contributed by atoms with Crippen molar-refractivity contribution in [1.82, 2.24) is 15.5 Å². The Hall–Kier alpha value is -0.440. The van der Waals surface area contributed by atoms with Gasteiger partial charge in [-0.05, 0) is 33.0 Å². The van der Waals surface area contributed by atoms with E-state index in [9.17, 15) is 9.59 Å². The molecule has 0 aliphatic heterocycles. The van der Waals surface area contributed by atoms with Crippen LogP contribution in [0.25, 0.3) is 0 Å². The lowest BCUT2D eigenvalue weighted by Crippen LogP contribution is -2.31. The van der Waals surface area contributed by atoms with Crippen molar-refractivity contribution in [3.8, 4) is 0 Å². The number of amides is 2. The largest absolute Gasteiger partial charge is 0.355 e. The predicted octanol–water partition coefficient (Wildman–Crippen LogP) is 2.49. The maximum Gasteiger partial charge on any atom is 0.221 e. The zero-order valence-corrected chi connectivity index (χ0v) is 18.8. The van der Waals surface area contributed by atoms with Gasteiger partial charge in [0.1, 0.15) is 0 Å². The summed E-state index contributed by atoms with van der Waals surface area (Å²) in [5.41, 5.74) is 5.46. The van der Waals surface area contributed by atoms with Gasteiger partial charge in [-0.15, -0.1) is 0 Å². The number of nitrogens with one attached hydrogen (secondary N) is 2. The highest BCUT2D eigenvalue weighted by Crippen LogP contribution is 2.19. The average molecular weight is 409 g/mol. The van der Waals surface area contributed by atoms with E-state index in [4.69, 9.17) is 5.73 Å². The molecule has 156 valence electrons. The van der Waals surface area contributed by atoms with Gasteiger partial charge in [0.25, 0.3) is 0 Å². The van der Waals surface area contributed by atoms with Gasteiger partial charge < -0.3 is 21.3 Å². The van der Waals surface area contributed by atoms with Gasteiger partial charge in [-0.3, -0.25) is 9.59 Å². The number of carbonyl (C=O) groups excluding carboxylic acids is 2. The summed E-state index contributed by atoms with van der Waals surface area (Å²) in [7, 11) is 5.47. The highest BCUT2D eigenvalue weighted by Gasteiger charge is 2.04. The van der Waals surface area contributed by atoms with E-state index in [1.54, 1.807) is 21.6 Å². The van der Waals surface area contributed by atoms with E-state index >= 15 is 0 Å². The fourth-order valence-electron chi connectivity index (χ4n) is 1.86. The lowest BCUT2D eigenvalue weighted by molar-refractivity contribution is -0.122. The monoisotopic (exact) mass is 408 g/mol. The second-order valence-electron chi connectivity index (χ2n) is 5.64. The Morgan fingerprint density at radius 1 is 0.923 bits per heavy atom. The fourth-order valence-corrected chi connectivity index (χ4v) is 3.68. The van der Waals surface area contributed by atoms with Crippen molar-refractivity contribution in [3.63, 3.8) is 0 Å². The van der Waals surface area contributed by atoms with E-state index < -0.39 is 0 Å². The second kappa shape index (κ2) is 22.6. The Bertz CT molecular complexity index is 334. The van der Waals surface area contributed by atoms with Crippen LogP contribution < -0.4 is 16.4 Å². The van der Waals surface area contributed by atoms with Gasteiger partial charge in [0.15, 0.2) is 0 Å². The van der Waals surface area contributed by atoms with Gasteiger partial charge >= 0.3 is 0 Å². The van der Waals surface area contributed by atoms with Crippen LogP contribution in [0.1, 0.15) is 52.9 Å². The van der Waals surface area contributed by atoms with Crippen LogP contribution in [0.5, 0.6) is 0 Å². The molecular formula is C18H40N4O2S2. The molecule has 0 radical (unpaired) electrons. The molecule has 0 saturated heterocycles. The molecule has 6 nitrogen and oxygen atoms in total. The summed E-state index contributed by atoms with van der Waals surface area (Å²) < 4.78 is 0. The standard InChI is InChI=1S/C16H34N4O2S2.C2H6/c1-3-4-6-15(21)18-9-13-23-24-14-10-19-16(22)7-12-20(2)11-5-8-17;1-2/h3-14,17H2,1-2H3,(H,18,21)(H,19,22);1-2H3. The van der Waals surface area contributed by atoms with Crippen LogP contribution in [0.15, 0.2) is 0 Å². The van der Waals surface area contributed by atoms with Gasteiger partial charge in [0, 0.05) is 44.0 Å².